The van der Waals surface area contributed by atoms with Crippen LogP contribution in [0.2, 0.25) is 0 Å². The van der Waals surface area contributed by atoms with E-state index in [1.165, 1.54) is 33.9 Å². The normalized spacial score (nSPS) is 24.5. The average Bonchev–Trinajstić information content (AvgIpc) is 3.53. The molecule has 1 aliphatic rings. The molecule has 3 rings (SSSR count). The van der Waals surface area contributed by atoms with Crippen molar-refractivity contribution < 1.29 is 61.4 Å². The lowest BCUT2D eigenvalue weighted by Gasteiger charge is -2.33. The van der Waals surface area contributed by atoms with Gasteiger partial charge in [0.2, 0.25) is 0 Å². The molecule has 1 aliphatic heterocycles. The van der Waals surface area contributed by atoms with E-state index in [0.29, 0.717) is 6.42 Å². The van der Waals surface area contributed by atoms with Crippen molar-refractivity contribution in [3.05, 3.63) is 59.3 Å². The van der Waals surface area contributed by atoms with Crippen molar-refractivity contribution >= 4 is 40.4 Å². The van der Waals surface area contributed by atoms with Gasteiger partial charge in [0.05, 0.1) is 12.9 Å². The predicted molar refractivity (Wildman–Crippen MR) is 187 cm³/mol. The Morgan fingerprint density at radius 2 is 1.43 bits per heavy atom. The molecule has 18 nitrogen and oxygen atoms in total. The quantitative estimate of drug-likeness (QED) is 0.0724. The van der Waals surface area contributed by atoms with Gasteiger partial charge < -0.3 is 40.3 Å². The molecule has 1 fully saturated rings. The number of ether oxygens (including phenoxy) is 1. The van der Waals surface area contributed by atoms with Gasteiger partial charge in [0.25, 0.3) is 0 Å². The molecule has 51 heavy (non-hydrogen) atoms. The van der Waals surface area contributed by atoms with Gasteiger partial charge in [-0.1, -0.05) is 46.6 Å². The summed E-state index contributed by atoms with van der Waals surface area (Å²) in [6.45, 7) is 9.33. The van der Waals surface area contributed by atoms with Crippen LogP contribution in [0.1, 0.15) is 79.6 Å². The van der Waals surface area contributed by atoms with Gasteiger partial charge in [-0.05, 0) is 73.1 Å². The van der Waals surface area contributed by atoms with Crippen molar-refractivity contribution in [1.82, 2.24) is 19.5 Å². The maximum absolute atomic E-state index is 12.4. The van der Waals surface area contributed by atoms with Crippen molar-refractivity contribution in [1.29, 1.82) is 0 Å². The van der Waals surface area contributed by atoms with E-state index in [1.54, 1.807) is 6.08 Å². The SMILES string of the molecule is CC(C)=CCCC(C)=CCCC(C)=CCCC(C)=CC[C@@]1(n2cnc3c(N)ncnc32)O[C@H](COP(=O)(O)OP(=O)(O)OP(=O)(O)O)[C@@H](O)[C@H]1O. The Morgan fingerprint density at radius 1 is 0.863 bits per heavy atom. The number of nitrogens with zero attached hydrogens (tertiary/aromatic N) is 4. The fourth-order valence-electron chi connectivity index (χ4n) is 5.38. The first-order chi connectivity index (χ1) is 23.6. The monoisotopic (exact) mass is 779 g/mol. The van der Waals surface area contributed by atoms with Gasteiger partial charge >= 0.3 is 23.5 Å². The smallest absolute Gasteiger partial charge is 0.387 e. The third-order valence-corrected chi connectivity index (χ3v) is 11.8. The van der Waals surface area contributed by atoms with Crippen LogP contribution in [0.25, 0.3) is 11.2 Å². The zero-order valence-corrected chi connectivity index (χ0v) is 31.8. The zero-order valence-electron chi connectivity index (χ0n) is 29.1. The van der Waals surface area contributed by atoms with Crippen molar-refractivity contribution in [2.45, 2.75) is 104 Å². The lowest BCUT2D eigenvalue weighted by molar-refractivity contribution is -0.142. The van der Waals surface area contributed by atoms with Crippen molar-refractivity contribution in [2.24, 2.45) is 0 Å². The molecule has 2 aromatic rings. The number of aliphatic hydroxyl groups is 2. The number of hydrogen-bond acceptors (Lipinski definition) is 13. The van der Waals surface area contributed by atoms with Gasteiger partial charge in [0, 0.05) is 6.42 Å². The summed E-state index contributed by atoms with van der Waals surface area (Å²) in [6.07, 6.45) is 11.2. The molecule has 0 radical (unpaired) electrons. The molecule has 0 saturated carbocycles. The van der Waals surface area contributed by atoms with Gasteiger partial charge in [0.15, 0.2) is 17.2 Å². The van der Waals surface area contributed by atoms with Crippen molar-refractivity contribution in [3.63, 3.8) is 0 Å². The van der Waals surface area contributed by atoms with Crippen LogP contribution in [-0.4, -0.2) is 74.2 Å². The number of phosphoric acid groups is 3. The first kappa shape index (κ1) is 43.0. The maximum atomic E-state index is 12.4. The Kier molecular flexibility index (Phi) is 15.3. The van der Waals surface area contributed by atoms with Crippen LogP contribution in [0.4, 0.5) is 5.82 Å². The first-order valence-electron chi connectivity index (χ1n) is 16.0. The van der Waals surface area contributed by atoms with E-state index in [1.807, 2.05) is 6.92 Å². The third-order valence-electron chi connectivity index (χ3n) is 8.01. The van der Waals surface area contributed by atoms with Crippen LogP contribution in [0, 0.1) is 0 Å². The van der Waals surface area contributed by atoms with Gasteiger partial charge in [-0.25, -0.2) is 28.6 Å². The molecule has 0 aromatic carbocycles. The van der Waals surface area contributed by atoms with E-state index in [2.05, 4.69) is 69.5 Å². The molecule has 0 aliphatic carbocycles. The summed E-state index contributed by atoms with van der Waals surface area (Å²) < 4.78 is 54.7. The van der Waals surface area contributed by atoms with Crippen LogP contribution in [-0.2, 0) is 37.3 Å². The largest absolute Gasteiger partial charge is 0.490 e. The highest BCUT2D eigenvalue weighted by Crippen LogP contribution is 2.66. The Hall–Kier alpha value is -2.40. The summed E-state index contributed by atoms with van der Waals surface area (Å²) in [4.78, 5) is 49.3. The molecular weight excluding hydrogens is 731 g/mol. The number of aliphatic hydroxyl groups excluding tert-OH is 2. The number of fused-ring (bicyclic) bond motifs is 1. The number of allylic oxidation sites excluding steroid dienone is 7. The van der Waals surface area contributed by atoms with E-state index in [-0.39, 0.29) is 23.4 Å². The molecule has 21 heteroatoms. The number of anilines is 1. The first-order valence-corrected chi connectivity index (χ1v) is 20.5. The minimum Gasteiger partial charge on any atom is -0.387 e. The van der Waals surface area contributed by atoms with E-state index in [4.69, 9.17) is 24.8 Å². The highest BCUT2D eigenvalue weighted by molar-refractivity contribution is 7.66. The predicted octanol–water partition coefficient (Wildman–Crippen LogP) is 5.06. The van der Waals surface area contributed by atoms with E-state index < -0.39 is 54.1 Å². The average molecular weight is 780 g/mol. The van der Waals surface area contributed by atoms with Crippen LogP contribution in [0.5, 0.6) is 0 Å². The summed E-state index contributed by atoms with van der Waals surface area (Å²) >= 11 is 0. The fourth-order valence-corrected chi connectivity index (χ4v) is 8.41. The molecule has 2 unspecified atom stereocenters. The Bertz CT molecular complexity index is 1790. The molecule has 3 heterocycles. The molecule has 2 aromatic heterocycles. The molecule has 8 N–H and O–H groups in total. The van der Waals surface area contributed by atoms with Crippen LogP contribution in [0.3, 0.4) is 0 Å². The minimum absolute atomic E-state index is 0.0365. The topological polar surface area (TPSA) is 279 Å². The van der Waals surface area contributed by atoms with Crippen molar-refractivity contribution in [2.75, 3.05) is 12.3 Å². The highest BCUT2D eigenvalue weighted by atomic mass is 31.3. The number of imidazole rings is 1. The Balaban J connectivity index is 1.75. The fraction of sp³-hybridized carbons (Fsp3) is 0.567. The number of rotatable bonds is 19. The molecule has 0 amide bonds. The second-order valence-electron chi connectivity index (χ2n) is 12.6. The standard InChI is InChI=1S/C30H48N5O13P3/c1-20(2)9-6-10-21(3)11-7-12-22(4)13-8-14-23(5)15-16-30(35-19-34-25-28(31)32-18-33-29(25)35)27(37)26(36)24(46-30)17-45-50(41,42)48-51(43,44)47-49(38,39)40/h9,11,13,15,18-19,24,26-27,36-37H,6-8,10,12,14,16-17H2,1-5H3,(H,41,42)(H,43,44)(H2,31,32,33)(H2,38,39,40)/t24-,26-,27-,30-/m1/s1. The molecular formula is C30H48N5O13P3. The van der Waals surface area contributed by atoms with Crippen LogP contribution < -0.4 is 5.73 Å². The number of nitrogen functional groups attached to an aromatic ring is 1. The van der Waals surface area contributed by atoms with Crippen LogP contribution in [0.15, 0.2) is 59.3 Å². The van der Waals surface area contributed by atoms with Gasteiger partial charge in [-0.2, -0.15) is 8.62 Å². The van der Waals surface area contributed by atoms with Gasteiger partial charge in [-0.3, -0.25) is 9.09 Å². The van der Waals surface area contributed by atoms with E-state index >= 15 is 0 Å². The lowest BCUT2D eigenvalue weighted by Crippen LogP contribution is -2.45. The molecule has 1 saturated heterocycles. The number of nitrogens with two attached hydrogens (primary N) is 1. The van der Waals surface area contributed by atoms with Crippen molar-refractivity contribution in [3.8, 4) is 0 Å². The van der Waals surface area contributed by atoms with Gasteiger partial charge in [0.1, 0.15) is 30.2 Å². The molecule has 286 valence electrons. The minimum atomic E-state index is -5.78. The van der Waals surface area contributed by atoms with Gasteiger partial charge in [-0.15, -0.1) is 0 Å². The zero-order chi connectivity index (χ0) is 38.2. The molecule has 6 atom stereocenters. The van der Waals surface area contributed by atoms with Crippen LogP contribution >= 0.6 is 23.5 Å². The summed E-state index contributed by atoms with van der Waals surface area (Å²) in [5.41, 5.74) is 9.33. The summed E-state index contributed by atoms with van der Waals surface area (Å²) in [7, 11) is -16.9. The van der Waals surface area contributed by atoms with E-state index in [0.717, 1.165) is 37.7 Å². The van der Waals surface area contributed by atoms with E-state index in [9.17, 15) is 33.7 Å². The third kappa shape index (κ3) is 12.9. The molecule has 0 bridgehead atoms. The summed E-state index contributed by atoms with van der Waals surface area (Å²) in [6, 6.07) is 0. The molecule has 0 spiro atoms. The summed E-state index contributed by atoms with van der Waals surface area (Å²) in [5, 5.41) is 22.4. The second-order valence-corrected chi connectivity index (χ2v) is 17.0. The number of hydrogen-bond donors (Lipinski definition) is 7. The lowest BCUT2D eigenvalue weighted by atomic mass is 9.97. The Morgan fingerprint density at radius 3 is 2.00 bits per heavy atom. The maximum Gasteiger partial charge on any atom is 0.490 e. The summed E-state index contributed by atoms with van der Waals surface area (Å²) in [5.74, 6) is 0.0365. The number of phosphoric ester groups is 1. The highest BCUT2D eigenvalue weighted by Gasteiger charge is 2.56. The second kappa shape index (κ2) is 18.1. The Labute approximate surface area is 296 Å². The number of aromatic nitrogens is 4.